The highest BCUT2D eigenvalue weighted by molar-refractivity contribution is 6.43. The minimum Gasteiger partial charge on any atom is -0.396 e. The first-order valence-corrected chi connectivity index (χ1v) is 7.96. The molecule has 1 fully saturated rings. The van der Waals surface area contributed by atoms with Gasteiger partial charge in [0, 0.05) is 12.6 Å². The molecule has 0 atom stereocenters. The van der Waals surface area contributed by atoms with Crippen LogP contribution in [-0.2, 0) is 4.79 Å². The Morgan fingerprint density at radius 3 is 2.76 bits per heavy atom. The maximum absolute atomic E-state index is 12.1. The van der Waals surface area contributed by atoms with Crippen LogP contribution in [0.2, 0.25) is 10.0 Å². The molecule has 0 bridgehead atoms. The van der Waals surface area contributed by atoms with Gasteiger partial charge in [-0.1, -0.05) is 29.3 Å². The standard InChI is InChI=1S/C15H20Cl2N2O2/c16-12-4-3-5-13(15(12)17)18-14(21)10-19(11-6-7-11)8-1-2-9-20/h3-5,11,20H,1-2,6-10H2,(H,18,21). The lowest BCUT2D eigenvalue weighted by atomic mass is 10.3. The number of nitrogens with one attached hydrogen (secondary N) is 1. The van der Waals surface area contributed by atoms with E-state index in [1.165, 1.54) is 0 Å². The Balaban J connectivity index is 1.88. The third-order valence-corrected chi connectivity index (χ3v) is 4.31. The van der Waals surface area contributed by atoms with Crippen LogP contribution >= 0.6 is 23.2 Å². The summed E-state index contributed by atoms with van der Waals surface area (Å²) < 4.78 is 0. The van der Waals surface area contributed by atoms with Gasteiger partial charge in [0.2, 0.25) is 5.91 Å². The highest BCUT2D eigenvalue weighted by atomic mass is 35.5. The molecule has 2 N–H and O–H groups in total. The van der Waals surface area contributed by atoms with E-state index >= 15 is 0 Å². The molecule has 116 valence electrons. The number of hydrogen-bond acceptors (Lipinski definition) is 3. The molecule has 1 aliphatic carbocycles. The lowest BCUT2D eigenvalue weighted by Gasteiger charge is -2.21. The summed E-state index contributed by atoms with van der Waals surface area (Å²) in [6.07, 6.45) is 3.96. The van der Waals surface area contributed by atoms with Crippen molar-refractivity contribution < 1.29 is 9.90 Å². The molecule has 0 saturated heterocycles. The van der Waals surface area contributed by atoms with Crippen LogP contribution < -0.4 is 5.32 Å². The zero-order chi connectivity index (χ0) is 15.2. The number of carbonyl (C=O) groups excluding carboxylic acids is 1. The van der Waals surface area contributed by atoms with Crippen molar-refractivity contribution in [3.05, 3.63) is 28.2 Å². The average Bonchev–Trinajstić information content (AvgIpc) is 3.27. The molecule has 0 unspecified atom stereocenters. The molecule has 1 aromatic carbocycles. The van der Waals surface area contributed by atoms with Gasteiger partial charge < -0.3 is 10.4 Å². The minimum absolute atomic E-state index is 0.0879. The highest BCUT2D eigenvalue weighted by Crippen LogP contribution is 2.30. The van der Waals surface area contributed by atoms with Crippen LogP contribution in [0.15, 0.2) is 18.2 Å². The van der Waals surface area contributed by atoms with Crippen molar-refractivity contribution >= 4 is 34.8 Å². The highest BCUT2D eigenvalue weighted by Gasteiger charge is 2.29. The van der Waals surface area contributed by atoms with E-state index in [9.17, 15) is 4.79 Å². The van der Waals surface area contributed by atoms with E-state index in [0.29, 0.717) is 28.3 Å². The Morgan fingerprint density at radius 1 is 1.33 bits per heavy atom. The molecule has 1 saturated carbocycles. The monoisotopic (exact) mass is 330 g/mol. The van der Waals surface area contributed by atoms with Crippen molar-refractivity contribution in [2.45, 2.75) is 31.7 Å². The second-order valence-electron chi connectivity index (χ2n) is 5.28. The van der Waals surface area contributed by atoms with Gasteiger partial charge in [0.1, 0.15) is 0 Å². The van der Waals surface area contributed by atoms with Crippen molar-refractivity contribution in [2.24, 2.45) is 0 Å². The number of carbonyl (C=O) groups is 1. The Labute approximate surface area is 135 Å². The summed E-state index contributed by atoms with van der Waals surface area (Å²) in [7, 11) is 0. The van der Waals surface area contributed by atoms with E-state index in [0.717, 1.165) is 32.2 Å². The fourth-order valence-electron chi connectivity index (χ4n) is 2.23. The fraction of sp³-hybridized carbons (Fsp3) is 0.533. The second-order valence-corrected chi connectivity index (χ2v) is 6.07. The summed E-state index contributed by atoms with van der Waals surface area (Å²) in [5.74, 6) is -0.0879. The van der Waals surface area contributed by atoms with Crippen LogP contribution in [0.5, 0.6) is 0 Å². The number of unbranched alkanes of at least 4 members (excludes halogenated alkanes) is 1. The molecular weight excluding hydrogens is 311 g/mol. The summed E-state index contributed by atoms with van der Waals surface area (Å²) in [6.45, 7) is 1.38. The number of aliphatic hydroxyl groups excluding tert-OH is 1. The van der Waals surface area contributed by atoms with Crippen LogP contribution in [0.4, 0.5) is 5.69 Å². The molecule has 4 nitrogen and oxygen atoms in total. The minimum atomic E-state index is -0.0879. The molecule has 0 heterocycles. The van der Waals surface area contributed by atoms with Gasteiger partial charge in [-0.05, 0) is 44.4 Å². The first kappa shape index (κ1) is 16.6. The van der Waals surface area contributed by atoms with Gasteiger partial charge in [0.15, 0.2) is 0 Å². The maximum atomic E-state index is 12.1. The molecule has 0 aliphatic heterocycles. The van der Waals surface area contributed by atoms with E-state index < -0.39 is 0 Å². The largest absolute Gasteiger partial charge is 0.396 e. The normalized spacial score (nSPS) is 14.5. The molecular formula is C15H20Cl2N2O2. The third-order valence-electron chi connectivity index (χ3n) is 3.49. The number of rotatable bonds is 8. The van der Waals surface area contributed by atoms with Gasteiger partial charge >= 0.3 is 0 Å². The third kappa shape index (κ3) is 5.15. The van der Waals surface area contributed by atoms with Crippen molar-refractivity contribution in [2.75, 3.05) is 25.0 Å². The number of benzene rings is 1. The Bertz CT molecular complexity index is 493. The molecule has 0 spiro atoms. The Hall–Kier alpha value is -0.810. The maximum Gasteiger partial charge on any atom is 0.238 e. The molecule has 1 aliphatic rings. The van der Waals surface area contributed by atoms with Crippen molar-refractivity contribution in [3.8, 4) is 0 Å². The van der Waals surface area contributed by atoms with Crippen LogP contribution in [0.25, 0.3) is 0 Å². The van der Waals surface area contributed by atoms with Gasteiger partial charge in [0.05, 0.1) is 22.3 Å². The number of nitrogens with zero attached hydrogens (tertiary/aromatic N) is 1. The van der Waals surface area contributed by atoms with Crippen molar-refractivity contribution in [1.29, 1.82) is 0 Å². The Morgan fingerprint density at radius 2 is 2.10 bits per heavy atom. The quantitative estimate of drug-likeness (QED) is 0.720. The van der Waals surface area contributed by atoms with E-state index in [4.69, 9.17) is 28.3 Å². The lowest BCUT2D eigenvalue weighted by Crippen LogP contribution is -2.35. The van der Waals surface area contributed by atoms with Crippen molar-refractivity contribution in [3.63, 3.8) is 0 Å². The fourth-order valence-corrected chi connectivity index (χ4v) is 2.58. The molecule has 0 radical (unpaired) electrons. The molecule has 1 amide bonds. The average molecular weight is 331 g/mol. The number of anilines is 1. The number of hydrogen-bond donors (Lipinski definition) is 2. The molecule has 0 aromatic heterocycles. The summed E-state index contributed by atoms with van der Waals surface area (Å²) in [6, 6.07) is 5.68. The first-order valence-electron chi connectivity index (χ1n) is 7.20. The van der Waals surface area contributed by atoms with E-state index in [-0.39, 0.29) is 12.5 Å². The van der Waals surface area contributed by atoms with Crippen LogP contribution in [0.3, 0.4) is 0 Å². The smallest absolute Gasteiger partial charge is 0.238 e. The van der Waals surface area contributed by atoms with E-state index in [1.54, 1.807) is 18.2 Å². The molecule has 21 heavy (non-hydrogen) atoms. The summed E-state index contributed by atoms with van der Waals surface area (Å²) in [5.41, 5.74) is 0.542. The predicted molar refractivity (Wildman–Crippen MR) is 86.0 cm³/mol. The number of aliphatic hydroxyl groups is 1. The number of amides is 1. The SMILES string of the molecule is O=C(CN(CCCCO)C1CC1)Nc1cccc(Cl)c1Cl. The first-order chi connectivity index (χ1) is 10.1. The van der Waals surface area contributed by atoms with Gasteiger partial charge in [0.25, 0.3) is 0 Å². The zero-order valence-corrected chi connectivity index (χ0v) is 13.3. The molecule has 6 heteroatoms. The van der Waals surface area contributed by atoms with Crippen molar-refractivity contribution in [1.82, 2.24) is 4.90 Å². The topological polar surface area (TPSA) is 52.6 Å². The van der Waals surface area contributed by atoms with Crippen LogP contribution in [0, 0.1) is 0 Å². The van der Waals surface area contributed by atoms with Gasteiger partial charge in [-0.2, -0.15) is 0 Å². The van der Waals surface area contributed by atoms with Gasteiger partial charge in [-0.15, -0.1) is 0 Å². The van der Waals surface area contributed by atoms with E-state index in [1.807, 2.05) is 0 Å². The molecule has 1 aromatic rings. The zero-order valence-electron chi connectivity index (χ0n) is 11.8. The second kappa shape index (κ2) is 7.99. The van der Waals surface area contributed by atoms with Gasteiger partial charge in [-0.3, -0.25) is 9.69 Å². The Kier molecular flexibility index (Phi) is 6.30. The summed E-state index contributed by atoms with van der Waals surface area (Å²) in [4.78, 5) is 14.3. The summed E-state index contributed by atoms with van der Waals surface area (Å²) >= 11 is 12.0. The lowest BCUT2D eigenvalue weighted by molar-refractivity contribution is -0.117. The van der Waals surface area contributed by atoms with Gasteiger partial charge in [-0.25, -0.2) is 0 Å². The summed E-state index contributed by atoms with van der Waals surface area (Å²) in [5, 5.41) is 12.4. The molecule has 2 rings (SSSR count). The van der Waals surface area contributed by atoms with E-state index in [2.05, 4.69) is 10.2 Å². The predicted octanol–water partition coefficient (Wildman–Crippen LogP) is 3.17. The number of halogens is 2. The van der Waals surface area contributed by atoms with Crippen LogP contribution in [-0.4, -0.2) is 41.7 Å². The van der Waals surface area contributed by atoms with Crippen LogP contribution in [0.1, 0.15) is 25.7 Å².